The van der Waals surface area contributed by atoms with Gasteiger partial charge in [-0.05, 0) is 30.5 Å². The topological polar surface area (TPSA) is 94.3 Å². The van der Waals surface area contributed by atoms with Crippen molar-refractivity contribution in [2.24, 2.45) is 0 Å². The van der Waals surface area contributed by atoms with E-state index in [0.29, 0.717) is 36.3 Å². The number of aromatic nitrogens is 2. The third kappa shape index (κ3) is 3.56. The van der Waals surface area contributed by atoms with Crippen LogP contribution in [0.1, 0.15) is 49.4 Å². The first kappa shape index (κ1) is 18.0. The molecule has 1 aliphatic heterocycles. The van der Waals surface area contributed by atoms with Gasteiger partial charge in [0.1, 0.15) is 6.04 Å². The van der Waals surface area contributed by atoms with Gasteiger partial charge in [-0.25, -0.2) is 4.79 Å². The molecule has 7 nitrogen and oxygen atoms in total. The molecule has 2 fully saturated rings. The molecular formula is C19H20ClN3O4. The minimum atomic E-state index is -0.543. The van der Waals surface area contributed by atoms with E-state index in [9.17, 15) is 9.59 Å². The highest BCUT2D eigenvalue weighted by Crippen LogP contribution is 2.48. The molecule has 1 atom stereocenters. The Morgan fingerprint density at radius 2 is 2.04 bits per heavy atom. The second-order valence-corrected chi connectivity index (χ2v) is 7.46. The lowest BCUT2D eigenvalue weighted by molar-refractivity contribution is -0.141. The number of carbonyl (C=O) groups excluding carboxylic acids is 2. The predicted octanol–water partition coefficient (Wildman–Crippen LogP) is 2.56. The van der Waals surface area contributed by atoms with Crippen molar-refractivity contribution >= 4 is 23.5 Å². The molecular weight excluding hydrogens is 370 g/mol. The second-order valence-electron chi connectivity index (χ2n) is 7.02. The largest absolute Gasteiger partial charge is 0.464 e. The molecule has 1 saturated carbocycles. The van der Waals surface area contributed by atoms with Crippen molar-refractivity contribution in [2.75, 3.05) is 6.61 Å². The molecule has 0 spiro atoms. The summed E-state index contributed by atoms with van der Waals surface area (Å²) in [6.45, 7) is 0.351. The van der Waals surface area contributed by atoms with E-state index in [1.807, 2.05) is 24.3 Å². The third-order valence-electron chi connectivity index (χ3n) is 5.32. The van der Waals surface area contributed by atoms with Crippen molar-refractivity contribution in [3.63, 3.8) is 0 Å². The average Bonchev–Trinajstić information content (AvgIpc) is 3.24. The predicted molar refractivity (Wildman–Crippen MR) is 96.2 cm³/mol. The number of ether oxygens (including phenoxy) is 1. The molecule has 1 aromatic heterocycles. The Bertz CT molecular complexity index is 845. The molecule has 0 unspecified atom stereocenters. The van der Waals surface area contributed by atoms with Gasteiger partial charge in [0.15, 0.2) is 0 Å². The van der Waals surface area contributed by atoms with Crippen molar-refractivity contribution in [2.45, 2.75) is 50.0 Å². The maximum absolute atomic E-state index is 12.0. The van der Waals surface area contributed by atoms with Crippen LogP contribution < -0.4 is 5.32 Å². The number of aryl methyl sites for hydroxylation is 1. The van der Waals surface area contributed by atoms with Crippen LogP contribution >= 0.6 is 11.6 Å². The standard InChI is InChI=1S/C19H20ClN3O4/c20-13-4-2-12(3-5-13)19(9-1-10-19)18-23-22-16(27-18)7-6-15(24)21-14-8-11-26-17(14)25/h2-5,14H,1,6-11H2,(H,21,24)/t14-/m1/s1. The zero-order chi connectivity index (χ0) is 18.9. The van der Waals surface area contributed by atoms with Crippen molar-refractivity contribution in [1.82, 2.24) is 15.5 Å². The number of esters is 1. The van der Waals surface area contributed by atoms with Crippen molar-refractivity contribution in [1.29, 1.82) is 0 Å². The molecule has 4 rings (SSSR count). The van der Waals surface area contributed by atoms with Gasteiger partial charge in [0.25, 0.3) is 0 Å². The van der Waals surface area contributed by atoms with Crippen LogP contribution in [0.2, 0.25) is 5.02 Å². The van der Waals surface area contributed by atoms with Gasteiger partial charge in [-0.15, -0.1) is 10.2 Å². The molecule has 0 bridgehead atoms. The first-order valence-corrected chi connectivity index (χ1v) is 9.49. The van der Waals surface area contributed by atoms with Crippen LogP contribution in [0.5, 0.6) is 0 Å². The molecule has 8 heteroatoms. The molecule has 0 radical (unpaired) electrons. The lowest BCUT2D eigenvalue weighted by atomic mass is 9.64. The lowest BCUT2D eigenvalue weighted by Crippen LogP contribution is -2.38. The first-order valence-electron chi connectivity index (χ1n) is 9.12. The number of cyclic esters (lactones) is 1. The summed E-state index contributed by atoms with van der Waals surface area (Å²) in [5, 5.41) is 11.7. The summed E-state index contributed by atoms with van der Waals surface area (Å²) >= 11 is 6.00. The van der Waals surface area contributed by atoms with E-state index >= 15 is 0 Å². The number of carbonyl (C=O) groups is 2. The van der Waals surface area contributed by atoms with Gasteiger partial charge in [0, 0.05) is 24.3 Å². The van der Waals surface area contributed by atoms with Gasteiger partial charge in [0.05, 0.1) is 12.0 Å². The van der Waals surface area contributed by atoms with Crippen LogP contribution in [0.4, 0.5) is 0 Å². The van der Waals surface area contributed by atoms with Gasteiger partial charge < -0.3 is 14.5 Å². The fourth-order valence-electron chi connectivity index (χ4n) is 3.59. The molecule has 2 aliphatic rings. The highest BCUT2D eigenvalue weighted by molar-refractivity contribution is 6.30. The highest BCUT2D eigenvalue weighted by atomic mass is 35.5. The molecule has 1 aliphatic carbocycles. The van der Waals surface area contributed by atoms with E-state index in [1.165, 1.54) is 0 Å². The lowest BCUT2D eigenvalue weighted by Gasteiger charge is -2.39. The molecule has 1 N–H and O–H groups in total. The number of halogens is 1. The van der Waals surface area contributed by atoms with Crippen molar-refractivity contribution < 1.29 is 18.7 Å². The summed E-state index contributed by atoms with van der Waals surface area (Å²) in [5.74, 6) is 0.410. The van der Waals surface area contributed by atoms with E-state index in [1.54, 1.807) is 0 Å². The van der Waals surface area contributed by atoms with Crippen LogP contribution in [-0.2, 0) is 26.2 Å². The van der Waals surface area contributed by atoms with E-state index in [-0.39, 0.29) is 23.7 Å². The van der Waals surface area contributed by atoms with Gasteiger partial charge in [-0.2, -0.15) is 0 Å². The summed E-state index contributed by atoms with van der Waals surface area (Å²) < 4.78 is 10.7. The Morgan fingerprint density at radius 1 is 1.26 bits per heavy atom. The number of nitrogens with one attached hydrogen (secondary N) is 1. The number of rotatable bonds is 6. The van der Waals surface area contributed by atoms with E-state index < -0.39 is 6.04 Å². The van der Waals surface area contributed by atoms with Crippen LogP contribution in [0, 0.1) is 0 Å². The quantitative estimate of drug-likeness (QED) is 0.763. The van der Waals surface area contributed by atoms with Crippen molar-refractivity contribution in [3.8, 4) is 0 Å². The fourth-order valence-corrected chi connectivity index (χ4v) is 3.71. The molecule has 2 aromatic rings. The minimum absolute atomic E-state index is 0.180. The maximum atomic E-state index is 12.0. The Morgan fingerprint density at radius 3 is 2.67 bits per heavy atom. The van der Waals surface area contributed by atoms with Gasteiger partial charge in [-0.3, -0.25) is 4.79 Å². The van der Waals surface area contributed by atoms with Gasteiger partial charge >= 0.3 is 5.97 Å². The van der Waals surface area contributed by atoms with Crippen LogP contribution in [0.15, 0.2) is 28.7 Å². The molecule has 1 saturated heterocycles. The molecule has 1 aromatic carbocycles. The van der Waals surface area contributed by atoms with Gasteiger partial charge in [-0.1, -0.05) is 30.2 Å². The second kappa shape index (κ2) is 7.31. The van der Waals surface area contributed by atoms with Crippen LogP contribution in [0.25, 0.3) is 0 Å². The molecule has 2 heterocycles. The zero-order valence-electron chi connectivity index (χ0n) is 14.7. The average molecular weight is 390 g/mol. The first-order chi connectivity index (χ1) is 13.1. The Labute approximate surface area is 161 Å². The normalized spacial score (nSPS) is 20.8. The monoisotopic (exact) mass is 389 g/mol. The number of nitrogens with zero attached hydrogens (tertiary/aromatic N) is 2. The summed E-state index contributed by atoms with van der Waals surface area (Å²) in [7, 11) is 0. The highest BCUT2D eigenvalue weighted by Gasteiger charge is 2.45. The summed E-state index contributed by atoms with van der Waals surface area (Å²) in [5.41, 5.74) is 0.858. The Balaban J connectivity index is 1.40. The van der Waals surface area contributed by atoms with Crippen LogP contribution in [0.3, 0.4) is 0 Å². The summed E-state index contributed by atoms with van der Waals surface area (Å²) in [6.07, 6.45) is 4.01. The number of amides is 1. The van der Waals surface area contributed by atoms with E-state index in [4.69, 9.17) is 20.8 Å². The third-order valence-corrected chi connectivity index (χ3v) is 5.57. The van der Waals surface area contributed by atoms with Crippen LogP contribution in [-0.4, -0.2) is 34.7 Å². The molecule has 1 amide bonds. The van der Waals surface area contributed by atoms with Gasteiger partial charge in [0.2, 0.25) is 17.7 Å². The van der Waals surface area contributed by atoms with E-state index in [2.05, 4.69) is 15.5 Å². The molecule has 27 heavy (non-hydrogen) atoms. The summed E-state index contributed by atoms with van der Waals surface area (Å²) in [4.78, 5) is 23.4. The number of benzene rings is 1. The molecule has 142 valence electrons. The fraction of sp³-hybridized carbons (Fsp3) is 0.474. The SMILES string of the molecule is O=C(CCc1nnc(C2(c3ccc(Cl)cc3)CCC2)o1)N[C@@H]1CCOC1=O. The Hall–Kier alpha value is -2.41. The summed E-state index contributed by atoms with van der Waals surface area (Å²) in [6, 6.07) is 7.19. The number of hydrogen-bond acceptors (Lipinski definition) is 6. The van der Waals surface area contributed by atoms with Crippen molar-refractivity contribution in [3.05, 3.63) is 46.6 Å². The Kier molecular flexibility index (Phi) is 4.86. The minimum Gasteiger partial charge on any atom is -0.464 e. The smallest absolute Gasteiger partial charge is 0.328 e. The zero-order valence-corrected chi connectivity index (χ0v) is 15.5. The maximum Gasteiger partial charge on any atom is 0.328 e. The number of hydrogen-bond donors (Lipinski definition) is 1. The van der Waals surface area contributed by atoms with E-state index in [0.717, 1.165) is 24.8 Å².